The third-order valence-corrected chi connectivity index (χ3v) is 5.23. The number of benzene rings is 2. The number of amides is 1. The molecular formula is C26H29N5O4. The van der Waals surface area contributed by atoms with Gasteiger partial charge in [0.15, 0.2) is 5.82 Å². The van der Waals surface area contributed by atoms with Gasteiger partial charge in [0.05, 0.1) is 12.1 Å². The van der Waals surface area contributed by atoms with E-state index in [1.54, 1.807) is 0 Å². The van der Waals surface area contributed by atoms with Gasteiger partial charge in [-0.3, -0.25) is 0 Å². The van der Waals surface area contributed by atoms with E-state index in [0.717, 1.165) is 33.8 Å². The number of anilines is 2. The zero-order chi connectivity index (χ0) is 24.8. The van der Waals surface area contributed by atoms with Crippen LogP contribution in [0.25, 0.3) is 11.0 Å². The van der Waals surface area contributed by atoms with Crippen molar-refractivity contribution in [1.29, 1.82) is 0 Å². The maximum Gasteiger partial charge on any atom is 0.404 e. The number of aryl methyl sites for hydroxylation is 1. The first-order valence-corrected chi connectivity index (χ1v) is 11.4. The van der Waals surface area contributed by atoms with Gasteiger partial charge in [0, 0.05) is 31.0 Å². The summed E-state index contributed by atoms with van der Waals surface area (Å²) in [4.78, 5) is 19.5. The molecule has 0 bridgehead atoms. The van der Waals surface area contributed by atoms with Crippen molar-refractivity contribution in [3.05, 3.63) is 66.6 Å². The summed E-state index contributed by atoms with van der Waals surface area (Å²) in [5.41, 5.74) is 3.38. The van der Waals surface area contributed by atoms with E-state index in [9.17, 15) is 4.79 Å². The highest BCUT2D eigenvalue weighted by atomic mass is 16.5. The van der Waals surface area contributed by atoms with Crippen LogP contribution in [0, 0.1) is 12.8 Å². The summed E-state index contributed by atoms with van der Waals surface area (Å²) >= 11 is 0. The molecule has 2 heterocycles. The lowest BCUT2D eigenvalue weighted by molar-refractivity contribution is 0.194. The Morgan fingerprint density at radius 3 is 2.71 bits per heavy atom. The largest absolute Gasteiger partial charge is 0.493 e. The van der Waals surface area contributed by atoms with Crippen LogP contribution < -0.4 is 20.1 Å². The molecule has 4 aromatic rings. The average molecular weight is 476 g/mol. The highest BCUT2D eigenvalue weighted by Gasteiger charge is 2.11. The number of rotatable bonds is 10. The fourth-order valence-corrected chi connectivity index (χ4v) is 3.59. The molecule has 35 heavy (non-hydrogen) atoms. The van der Waals surface area contributed by atoms with Crippen LogP contribution in [0.4, 0.5) is 16.3 Å². The minimum absolute atomic E-state index is 0.280. The van der Waals surface area contributed by atoms with Crippen LogP contribution in [0.3, 0.4) is 0 Å². The molecular weight excluding hydrogens is 446 g/mol. The van der Waals surface area contributed by atoms with Gasteiger partial charge in [0.2, 0.25) is 0 Å². The van der Waals surface area contributed by atoms with Crippen LogP contribution in [0.1, 0.15) is 19.4 Å². The van der Waals surface area contributed by atoms with Gasteiger partial charge in [0.25, 0.3) is 0 Å². The number of carbonyl (C=O) groups is 1. The van der Waals surface area contributed by atoms with Gasteiger partial charge < -0.3 is 29.8 Å². The molecule has 182 valence electrons. The Hall–Kier alpha value is -4.27. The second-order valence-corrected chi connectivity index (χ2v) is 8.58. The zero-order valence-electron chi connectivity index (χ0n) is 20.0. The topological polar surface area (TPSA) is 111 Å². The van der Waals surface area contributed by atoms with Crippen LogP contribution in [0.2, 0.25) is 0 Å². The number of fused-ring (bicyclic) bond motifs is 1. The summed E-state index contributed by atoms with van der Waals surface area (Å²) < 4.78 is 13.8. The van der Waals surface area contributed by atoms with E-state index in [4.69, 9.17) is 14.6 Å². The van der Waals surface area contributed by atoms with Crippen molar-refractivity contribution in [1.82, 2.24) is 19.9 Å². The summed E-state index contributed by atoms with van der Waals surface area (Å²) in [5.74, 6) is 3.31. The molecule has 0 atom stereocenters. The van der Waals surface area contributed by atoms with Crippen molar-refractivity contribution in [3.63, 3.8) is 0 Å². The lowest BCUT2D eigenvalue weighted by Crippen LogP contribution is -2.25. The van der Waals surface area contributed by atoms with E-state index in [1.165, 1.54) is 6.33 Å². The third-order valence-electron chi connectivity index (χ3n) is 5.23. The summed E-state index contributed by atoms with van der Waals surface area (Å²) in [6, 6.07) is 15.3. The Morgan fingerprint density at radius 1 is 1.11 bits per heavy atom. The zero-order valence-corrected chi connectivity index (χ0v) is 20.0. The Labute approximate surface area is 203 Å². The minimum atomic E-state index is -1.05. The lowest BCUT2D eigenvalue weighted by Gasteiger charge is -2.14. The Morgan fingerprint density at radius 2 is 1.94 bits per heavy atom. The average Bonchev–Trinajstić information content (AvgIpc) is 3.24. The van der Waals surface area contributed by atoms with E-state index < -0.39 is 6.09 Å². The highest BCUT2D eigenvalue weighted by molar-refractivity contribution is 5.88. The van der Waals surface area contributed by atoms with E-state index >= 15 is 0 Å². The molecule has 0 saturated heterocycles. The second-order valence-electron chi connectivity index (χ2n) is 8.58. The molecule has 0 fully saturated rings. The van der Waals surface area contributed by atoms with Gasteiger partial charge in [0.1, 0.15) is 29.1 Å². The molecule has 0 aliphatic carbocycles. The summed E-state index contributed by atoms with van der Waals surface area (Å²) in [7, 11) is 0. The molecule has 4 rings (SSSR count). The first kappa shape index (κ1) is 23.9. The van der Waals surface area contributed by atoms with Crippen molar-refractivity contribution in [2.45, 2.75) is 27.3 Å². The number of carboxylic acid groups (broad SMARTS) is 1. The van der Waals surface area contributed by atoms with Crippen LogP contribution >= 0.6 is 0 Å². The fraction of sp³-hybridized carbons (Fsp3) is 0.269. The second kappa shape index (κ2) is 10.8. The molecule has 2 aromatic heterocycles. The molecule has 9 nitrogen and oxygen atoms in total. The third kappa shape index (κ3) is 6.20. The first-order valence-electron chi connectivity index (χ1n) is 11.4. The lowest BCUT2D eigenvalue weighted by atomic mass is 10.2. The van der Waals surface area contributed by atoms with Crippen molar-refractivity contribution >= 4 is 28.6 Å². The van der Waals surface area contributed by atoms with Crippen molar-refractivity contribution in [2.75, 3.05) is 18.5 Å². The van der Waals surface area contributed by atoms with Crippen LogP contribution in [-0.4, -0.2) is 38.9 Å². The Bertz CT molecular complexity index is 1320. The first-order chi connectivity index (χ1) is 16.9. The summed E-state index contributed by atoms with van der Waals surface area (Å²) in [6.07, 6.45) is 2.32. The normalized spacial score (nSPS) is 11.0. The maximum atomic E-state index is 10.8. The van der Waals surface area contributed by atoms with Crippen LogP contribution in [0.15, 0.2) is 61.1 Å². The molecule has 3 N–H and O–H groups in total. The smallest absolute Gasteiger partial charge is 0.404 e. The van der Waals surface area contributed by atoms with Gasteiger partial charge >= 0.3 is 6.09 Å². The number of aromatic nitrogens is 3. The maximum absolute atomic E-state index is 10.8. The van der Waals surface area contributed by atoms with Gasteiger partial charge in [-0.05, 0) is 54.8 Å². The van der Waals surface area contributed by atoms with E-state index in [1.807, 2.05) is 66.2 Å². The SMILES string of the molecule is Cc1cc(Nc2ncnc3ccn(CCNC(=O)O)c23)ccc1Oc1cccc(OCC(C)C)c1. The number of ether oxygens (including phenoxy) is 2. The van der Waals surface area contributed by atoms with Gasteiger partial charge in [-0.2, -0.15) is 0 Å². The Balaban J connectivity index is 1.49. The monoisotopic (exact) mass is 475 g/mol. The number of nitrogens with one attached hydrogen (secondary N) is 2. The quantitative estimate of drug-likeness (QED) is 0.275. The molecule has 0 spiro atoms. The molecule has 0 radical (unpaired) electrons. The van der Waals surface area contributed by atoms with Gasteiger partial charge in [-0.25, -0.2) is 14.8 Å². The molecule has 1 amide bonds. The Kier molecular flexibility index (Phi) is 7.35. The molecule has 0 saturated carbocycles. The van der Waals surface area contributed by atoms with Crippen LogP contribution in [-0.2, 0) is 6.54 Å². The minimum Gasteiger partial charge on any atom is -0.493 e. The fourth-order valence-electron chi connectivity index (χ4n) is 3.59. The standard InChI is InChI=1S/C26H29N5O4/c1-17(2)15-34-20-5-4-6-21(14-20)35-23-8-7-19(13-18(23)3)30-25-24-22(28-16-29-25)9-11-31(24)12-10-27-26(32)33/h4-9,11,13-14,16-17,27H,10,12,15H2,1-3H3,(H,32,33)(H,28,29,30). The summed E-state index contributed by atoms with van der Waals surface area (Å²) in [5, 5.41) is 14.6. The number of hydrogen-bond donors (Lipinski definition) is 3. The molecule has 0 aliphatic heterocycles. The predicted octanol–water partition coefficient (Wildman–Crippen LogP) is 5.58. The van der Waals surface area contributed by atoms with Crippen LogP contribution in [0.5, 0.6) is 17.2 Å². The van der Waals surface area contributed by atoms with Crippen molar-refractivity contribution in [3.8, 4) is 17.2 Å². The molecule has 2 aromatic carbocycles. The molecule has 9 heteroatoms. The van der Waals surface area contributed by atoms with E-state index in [2.05, 4.69) is 34.4 Å². The van der Waals surface area contributed by atoms with E-state index in [-0.39, 0.29) is 6.54 Å². The molecule has 0 unspecified atom stereocenters. The number of hydrogen-bond acceptors (Lipinski definition) is 6. The van der Waals surface area contributed by atoms with Gasteiger partial charge in [-0.1, -0.05) is 19.9 Å². The number of nitrogens with zero attached hydrogens (tertiary/aromatic N) is 3. The predicted molar refractivity (Wildman–Crippen MR) is 135 cm³/mol. The highest BCUT2D eigenvalue weighted by Crippen LogP contribution is 2.31. The van der Waals surface area contributed by atoms with Crippen molar-refractivity contribution < 1.29 is 19.4 Å². The van der Waals surface area contributed by atoms with E-state index in [0.29, 0.717) is 30.6 Å². The van der Waals surface area contributed by atoms with Crippen molar-refractivity contribution in [2.24, 2.45) is 5.92 Å². The molecule has 0 aliphatic rings. The van der Waals surface area contributed by atoms with Gasteiger partial charge in [-0.15, -0.1) is 0 Å². The summed E-state index contributed by atoms with van der Waals surface area (Å²) in [6.45, 7) is 7.60.